The number of hydrogen-bond donors (Lipinski definition) is 2. The Morgan fingerprint density at radius 2 is 1.96 bits per heavy atom. The highest BCUT2D eigenvalue weighted by Gasteiger charge is 2.35. The van der Waals surface area contributed by atoms with Crippen LogP contribution in [0.25, 0.3) is 5.78 Å². The first-order valence-corrected chi connectivity index (χ1v) is 15.1. The average Bonchev–Trinajstić information content (AvgIpc) is 3.58. The van der Waals surface area contributed by atoms with E-state index in [9.17, 15) is 19.2 Å². The summed E-state index contributed by atoms with van der Waals surface area (Å²) in [5.74, 6) is -0.348. The maximum Gasteiger partial charge on any atom is 0.290 e. The van der Waals surface area contributed by atoms with Crippen LogP contribution in [0.5, 0.6) is 0 Å². The molecule has 2 N–H and O–H groups in total. The predicted molar refractivity (Wildman–Crippen MR) is 162 cm³/mol. The lowest BCUT2D eigenvalue weighted by atomic mass is 9.89. The van der Waals surface area contributed by atoms with Crippen molar-refractivity contribution in [3.05, 3.63) is 47.3 Å². The van der Waals surface area contributed by atoms with Crippen molar-refractivity contribution in [1.29, 1.82) is 0 Å². The molecule has 242 valence electrons. The molecule has 1 aliphatic carbocycles. The minimum Gasteiger partial charge on any atom is -0.483 e. The standard InChI is InChI=1S/C29H39N9O4.CH2O2/c1-19(2)9-14-38-20-7-8-23-21(15-20)26(33-35(23)4)28(42)34(3)17-24(39)30-10-5-12-36(18-25(38)40)27(41)22-16-37-13-6-11-31-29(37)32-22;2-1-3/h6,11,13,16,19-20H,5,7-10,12,14-15,17-18H2,1-4H3,(H,30,39);1H,(H,2,3). The van der Waals surface area contributed by atoms with Gasteiger partial charge >= 0.3 is 0 Å². The van der Waals surface area contributed by atoms with Gasteiger partial charge in [-0.15, -0.1) is 0 Å². The van der Waals surface area contributed by atoms with E-state index in [2.05, 4.69) is 34.2 Å². The first-order chi connectivity index (χ1) is 21.5. The number of nitrogens with one attached hydrogen (secondary N) is 1. The molecule has 0 fully saturated rings. The highest BCUT2D eigenvalue weighted by atomic mass is 16.3. The van der Waals surface area contributed by atoms with Crippen molar-refractivity contribution in [3.63, 3.8) is 0 Å². The fourth-order valence-electron chi connectivity index (χ4n) is 5.74. The Morgan fingerprint density at radius 1 is 1.20 bits per heavy atom. The van der Waals surface area contributed by atoms with Crippen LogP contribution in [0.2, 0.25) is 0 Å². The Bertz CT molecular complexity index is 1510. The molecule has 15 nitrogen and oxygen atoms in total. The number of aromatic nitrogens is 5. The smallest absolute Gasteiger partial charge is 0.290 e. The largest absolute Gasteiger partial charge is 0.483 e. The molecule has 3 aromatic heterocycles. The zero-order valence-corrected chi connectivity index (χ0v) is 26.2. The van der Waals surface area contributed by atoms with E-state index in [4.69, 9.17) is 9.90 Å². The Morgan fingerprint density at radius 3 is 2.67 bits per heavy atom. The number of aryl methyl sites for hydroxylation is 1. The summed E-state index contributed by atoms with van der Waals surface area (Å²) < 4.78 is 3.41. The minimum atomic E-state index is -0.365. The van der Waals surface area contributed by atoms with Gasteiger partial charge in [0.25, 0.3) is 18.3 Å². The Kier molecular flexibility index (Phi) is 10.9. The highest BCUT2D eigenvalue weighted by Crippen LogP contribution is 2.28. The first-order valence-electron chi connectivity index (χ1n) is 15.1. The number of imidazole rings is 1. The summed E-state index contributed by atoms with van der Waals surface area (Å²) in [5, 5.41) is 14.3. The molecule has 2 bridgehead atoms. The fourth-order valence-corrected chi connectivity index (χ4v) is 5.74. The molecule has 4 heterocycles. The molecular formula is C30H41N9O6. The van der Waals surface area contributed by atoms with Crippen molar-refractivity contribution in [1.82, 2.24) is 44.2 Å². The molecule has 0 radical (unpaired) electrons. The summed E-state index contributed by atoms with van der Waals surface area (Å²) in [6.07, 6.45) is 8.12. The summed E-state index contributed by atoms with van der Waals surface area (Å²) in [4.78, 5) is 75.5. The SMILES string of the molecule is CC(C)CCN1C(=O)CN(C(=O)c2cn3cccnc3n2)CCCNC(=O)CN(C)C(=O)c2nn(C)c3c2CC1CC3.O=CO. The number of nitrogens with zero attached hydrogens (tertiary/aromatic N) is 8. The predicted octanol–water partition coefficient (Wildman–Crippen LogP) is 0.630. The van der Waals surface area contributed by atoms with Crippen LogP contribution >= 0.6 is 0 Å². The van der Waals surface area contributed by atoms with Crippen LogP contribution in [-0.4, -0.2) is 120 Å². The molecule has 1 atom stereocenters. The Balaban J connectivity index is 0.00000148. The van der Waals surface area contributed by atoms with Gasteiger partial charge in [0, 0.05) is 69.6 Å². The molecule has 2 aliphatic rings. The van der Waals surface area contributed by atoms with Crippen LogP contribution in [0.1, 0.15) is 65.3 Å². The molecule has 0 spiro atoms. The van der Waals surface area contributed by atoms with Crippen LogP contribution in [0.4, 0.5) is 0 Å². The van der Waals surface area contributed by atoms with Gasteiger partial charge in [-0.2, -0.15) is 5.10 Å². The zero-order valence-electron chi connectivity index (χ0n) is 26.2. The van der Waals surface area contributed by atoms with Crippen LogP contribution in [0.3, 0.4) is 0 Å². The second kappa shape index (κ2) is 14.8. The van der Waals surface area contributed by atoms with E-state index >= 15 is 0 Å². The van der Waals surface area contributed by atoms with Crippen LogP contribution in [0, 0.1) is 5.92 Å². The van der Waals surface area contributed by atoms with Crippen LogP contribution < -0.4 is 5.32 Å². The second-order valence-corrected chi connectivity index (χ2v) is 11.7. The van der Waals surface area contributed by atoms with Crippen molar-refractivity contribution in [2.45, 2.75) is 52.0 Å². The summed E-state index contributed by atoms with van der Waals surface area (Å²) in [6.45, 7) is 4.85. The maximum absolute atomic E-state index is 14.0. The van der Waals surface area contributed by atoms with Crippen molar-refractivity contribution in [3.8, 4) is 0 Å². The highest BCUT2D eigenvalue weighted by molar-refractivity contribution is 5.97. The third-order valence-electron chi connectivity index (χ3n) is 8.06. The van der Waals surface area contributed by atoms with Crippen LogP contribution in [0.15, 0.2) is 24.7 Å². The minimum absolute atomic E-state index is 0.108. The van der Waals surface area contributed by atoms with E-state index in [1.54, 1.807) is 40.8 Å². The molecule has 1 aliphatic heterocycles. The quantitative estimate of drug-likeness (QED) is 0.395. The molecule has 15 heteroatoms. The Hall–Kier alpha value is -4.82. The van der Waals surface area contributed by atoms with Gasteiger partial charge in [0.1, 0.15) is 12.2 Å². The average molecular weight is 624 g/mol. The third kappa shape index (κ3) is 7.83. The first kappa shape index (κ1) is 33.1. The molecule has 0 saturated carbocycles. The number of carbonyl (C=O) groups excluding carboxylic acids is 4. The van der Waals surface area contributed by atoms with Gasteiger partial charge in [-0.1, -0.05) is 13.8 Å². The second-order valence-electron chi connectivity index (χ2n) is 11.7. The molecule has 0 aromatic carbocycles. The van der Waals surface area contributed by atoms with Gasteiger partial charge < -0.3 is 25.1 Å². The maximum atomic E-state index is 14.0. The number of likely N-dealkylation sites (N-methyl/N-ethyl adjacent to an activating group) is 1. The van der Waals surface area contributed by atoms with Gasteiger partial charge in [0.05, 0.1) is 6.54 Å². The Labute approximate surface area is 261 Å². The summed E-state index contributed by atoms with van der Waals surface area (Å²) in [7, 11) is 3.42. The van der Waals surface area contributed by atoms with E-state index < -0.39 is 0 Å². The lowest BCUT2D eigenvalue weighted by Gasteiger charge is -2.36. The summed E-state index contributed by atoms with van der Waals surface area (Å²) >= 11 is 0. The van der Waals surface area contributed by atoms with E-state index in [1.807, 2.05) is 11.9 Å². The van der Waals surface area contributed by atoms with E-state index in [0.29, 0.717) is 43.2 Å². The van der Waals surface area contributed by atoms with Crippen molar-refractivity contribution in [2.24, 2.45) is 13.0 Å². The van der Waals surface area contributed by atoms with Crippen molar-refractivity contribution >= 4 is 35.9 Å². The molecule has 3 aromatic rings. The number of hydrogen-bond acceptors (Lipinski definition) is 8. The molecular weight excluding hydrogens is 582 g/mol. The number of rotatable bonds is 4. The molecule has 45 heavy (non-hydrogen) atoms. The number of carboxylic acid groups (broad SMARTS) is 1. The normalized spacial score (nSPS) is 18.1. The molecule has 1 unspecified atom stereocenters. The molecule has 0 saturated heterocycles. The topological polar surface area (TPSA) is 175 Å². The van der Waals surface area contributed by atoms with Gasteiger partial charge in [0.15, 0.2) is 5.69 Å². The number of carbonyl (C=O) groups is 5. The van der Waals surface area contributed by atoms with Crippen molar-refractivity contribution < 1.29 is 29.1 Å². The number of fused-ring (bicyclic) bond motifs is 2. The van der Waals surface area contributed by atoms with Crippen LogP contribution in [-0.2, 0) is 34.3 Å². The van der Waals surface area contributed by atoms with Gasteiger partial charge in [-0.25, -0.2) is 9.97 Å². The molecule has 4 amide bonds. The fraction of sp³-hybridized carbons (Fsp3) is 0.533. The lowest BCUT2D eigenvalue weighted by molar-refractivity contribution is -0.135. The van der Waals surface area contributed by atoms with Gasteiger partial charge in [-0.3, -0.25) is 33.1 Å². The van der Waals surface area contributed by atoms with Crippen molar-refractivity contribution in [2.75, 3.05) is 39.8 Å². The monoisotopic (exact) mass is 623 g/mol. The van der Waals surface area contributed by atoms with E-state index in [1.165, 1.54) is 9.80 Å². The van der Waals surface area contributed by atoms with E-state index in [0.717, 1.165) is 24.1 Å². The molecule has 5 rings (SSSR count). The zero-order chi connectivity index (χ0) is 32.7. The van der Waals surface area contributed by atoms with E-state index in [-0.39, 0.29) is 68.0 Å². The summed E-state index contributed by atoms with van der Waals surface area (Å²) in [5.41, 5.74) is 2.33. The third-order valence-corrected chi connectivity index (χ3v) is 8.06. The van der Waals surface area contributed by atoms with Gasteiger partial charge in [0.2, 0.25) is 17.6 Å². The van der Waals surface area contributed by atoms with Gasteiger partial charge in [-0.05, 0) is 44.1 Å². The summed E-state index contributed by atoms with van der Waals surface area (Å²) in [6, 6.07) is 1.61. The lowest BCUT2D eigenvalue weighted by Crippen LogP contribution is -2.50. The number of amides is 4.